The third-order valence-electron chi connectivity index (χ3n) is 4.60. The molecule has 3 heteroatoms. The highest BCUT2D eigenvalue weighted by molar-refractivity contribution is 5.75. The van der Waals surface area contributed by atoms with Gasteiger partial charge in [-0.1, -0.05) is 32.0 Å². The van der Waals surface area contributed by atoms with Gasteiger partial charge in [0.15, 0.2) is 0 Å². The Morgan fingerprint density at radius 1 is 1.25 bits per heavy atom. The summed E-state index contributed by atoms with van der Waals surface area (Å²) >= 11 is 0. The van der Waals surface area contributed by atoms with Crippen molar-refractivity contribution < 1.29 is 14.3 Å². The Balaban J connectivity index is 2.37. The predicted molar refractivity (Wildman–Crippen MR) is 96.9 cm³/mol. The second kappa shape index (κ2) is 7.26. The lowest BCUT2D eigenvalue weighted by Gasteiger charge is -2.28. The van der Waals surface area contributed by atoms with Gasteiger partial charge in [0, 0.05) is 0 Å². The van der Waals surface area contributed by atoms with E-state index in [2.05, 4.69) is 45.9 Å². The molecule has 1 saturated heterocycles. The summed E-state index contributed by atoms with van der Waals surface area (Å²) in [6.45, 7) is 15.0. The van der Waals surface area contributed by atoms with E-state index in [1.807, 2.05) is 20.8 Å². The fourth-order valence-electron chi connectivity index (χ4n) is 3.73. The van der Waals surface area contributed by atoms with Gasteiger partial charge in [0.1, 0.15) is 5.60 Å². The third-order valence-corrected chi connectivity index (χ3v) is 4.60. The molecule has 1 aliphatic heterocycles. The van der Waals surface area contributed by atoms with Crippen LogP contribution in [0.25, 0.3) is 0 Å². The van der Waals surface area contributed by atoms with Crippen molar-refractivity contribution in [2.75, 3.05) is 6.61 Å². The van der Waals surface area contributed by atoms with E-state index in [0.29, 0.717) is 12.5 Å². The van der Waals surface area contributed by atoms with Crippen LogP contribution in [0.2, 0.25) is 0 Å². The molecule has 1 aliphatic rings. The molecule has 0 saturated carbocycles. The van der Waals surface area contributed by atoms with Crippen molar-refractivity contribution in [3.63, 3.8) is 0 Å². The topological polar surface area (TPSA) is 35.5 Å². The standard InChI is InChI=1S/C21H32O3/c1-13(2)11-16-12-23-19(17-14(3)9-8-10-15(17)4)18(16)20(22)24-21(5,6)7/h8-10,13,16,18-19H,11-12H2,1-7H3/t16-,18?,19?/m0/s1. The molecular weight excluding hydrogens is 300 g/mol. The highest BCUT2D eigenvalue weighted by atomic mass is 16.6. The molecule has 1 heterocycles. The first-order valence-corrected chi connectivity index (χ1v) is 9.00. The van der Waals surface area contributed by atoms with Crippen LogP contribution in [0.4, 0.5) is 0 Å². The van der Waals surface area contributed by atoms with Crippen LogP contribution in [-0.2, 0) is 14.3 Å². The lowest BCUT2D eigenvalue weighted by Crippen LogP contribution is -2.34. The zero-order chi connectivity index (χ0) is 18.1. The molecule has 134 valence electrons. The van der Waals surface area contributed by atoms with Gasteiger partial charge in [-0.15, -0.1) is 0 Å². The molecule has 1 fully saturated rings. The van der Waals surface area contributed by atoms with Crippen molar-refractivity contribution in [3.8, 4) is 0 Å². The molecular formula is C21H32O3. The van der Waals surface area contributed by atoms with Crippen LogP contribution in [0.1, 0.15) is 63.8 Å². The van der Waals surface area contributed by atoms with Crippen LogP contribution in [0, 0.1) is 31.6 Å². The maximum atomic E-state index is 13.0. The van der Waals surface area contributed by atoms with E-state index in [1.54, 1.807) is 0 Å². The summed E-state index contributed by atoms with van der Waals surface area (Å²) in [5.41, 5.74) is 3.03. The van der Waals surface area contributed by atoms with Crippen LogP contribution in [-0.4, -0.2) is 18.2 Å². The number of hydrogen-bond donors (Lipinski definition) is 0. The molecule has 0 spiro atoms. The van der Waals surface area contributed by atoms with Crippen LogP contribution in [0.3, 0.4) is 0 Å². The number of ether oxygens (including phenoxy) is 2. The molecule has 3 nitrogen and oxygen atoms in total. The predicted octanol–water partition coefficient (Wildman–Crippen LogP) is 4.99. The number of carbonyl (C=O) groups is 1. The highest BCUT2D eigenvalue weighted by Gasteiger charge is 2.45. The lowest BCUT2D eigenvalue weighted by molar-refractivity contribution is -0.163. The van der Waals surface area contributed by atoms with E-state index in [-0.39, 0.29) is 23.9 Å². The minimum Gasteiger partial charge on any atom is -0.460 e. The Morgan fingerprint density at radius 2 is 1.83 bits per heavy atom. The SMILES string of the molecule is Cc1cccc(C)c1C1OC[C@H](CC(C)C)C1C(=O)OC(C)(C)C. The molecule has 1 aromatic rings. The normalized spacial score (nSPS) is 24.4. The number of aryl methyl sites for hydroxylation is 2. The van der Waals surface area contributed by atoms with Gasteiger partial charge in [0.05, 0.1) is 18.6 Å². The zero-order valence-electron chi connectivity index (χ0n) is 16.2. The minimum absolute atomic E-state index is 0.127. The van der Waals surface area contributed by atoms with Crippen molar-refractivity contribution in [2.45, 2.75) is 66.6 Å². The second-order valence-electron chi connectivity index (χ2n) is 8.51. The molecule has 0 aliphatic carbocycles. The third kappa shape index (κ3) is 4.38. The summed E-state index contributed by atoms with van der Waals surface area (Å²) < 4.78 is 11.9. The number of carbonyl (C=O) groups excluding carboxylic acids is 1. The second-order valence-corrected chi connectivity index (χ2v) is 8.51. The smallest absolute Gasteiger partial charge is 0.312 e. The number of benzene rings is 1. The van der Waals surface area contributed by atoms with Crippen molar-refractivity contribution in [1.29, 1.82) is 0 Å². The molecule has 0 bridgehead atoms. The van der Waals surface area contributed by atoms with Crippen molar-refractivity contribution in [1.82, 2.24) is 0 Å². The average Bonchev–Trinajstić information content (AvgIpc) is 2.79. The van der Waals surface area contributed by atoms with E-state index in [1.165, 1.54) is 11.1 Å². The lowest BCUT2D eigenvalue weighted by atomic mass is 9.81. The first kappa shape index (κ1) is 19.0. The average molecular weight is 332 g/mol. The van der Waals surface area contributed by atoms with Gasteiger partial charge in [-0.05, 0) is 69.6 Å². The highest BCUT2D eigenvalue weighted by Crippen LogP contribution is 2.44. The summed E-state index contributed by atoms with van der Waals surface area (Å²) in [4.78, 5) is 13.0. The maximum absolute atomic E-state index is 13.0. The monoisotopic (exact) mass is 332 g/mol. The van der Waals surface area contributed by atoms with Crippen LogP contribution >= 0.6 is 0 Å². The van der Waals surface area contributed by atoms with E-state index in [0.717, 1.165) is 12.0 Å². The Bertz CT molecular complexity index is 563. The number of hydrogen-bond acceptors (Lipinski definition) is 3. The first-order valence-electron chi connectivity index (χ1n) is 9.00. The van der Waals surface area contributed by atoms with E-state index < -0.39 is 5.60 Å². The van der Waals surface area contributed by atoms with E-state index >= 15 is 0 Å². The fraction of sp³-hybridized carbons (Fsp3) is 0.667. The molecule has 0 radical (unpaired) electrons. The molecule has 2 unspecified atom stereocenters. The van der Waals surface area contributed by atoms with Gasteiger partial charge in [-0.3, -0.25) is 4.79 Å². The van der Waals surface area contributed by atoms with Crippen molar-refractivity contribution in [2.24, 2.45) is 17.8 Å². The summed E-state index contributed by atoms with van der Waals surface area (Å²) in [7, 11) is 0. The molecule has 0 aromatic heterocycles. The number of esters is 1. The Kier molecular flexibility index (Phi) is 5.74. The zero-order valence-corrected chi connectivity index (χ0v) is 16.2. The van der Waals surface area contributed by atoms with Gasteiger partial charge in [0.2, 0.25) is 0 Å². The van der Waals surface area contributed by atoms with E-state index in [9.17, 15) is 4.79 Å². The van der Waals surface area contributed by atoms with Gasteiger partial charge in [-0.25, -0.2) is 0 Å². The Morgan fingerprint density at radius 3 is 2.33 bits per heavy atom. The summed E-state index contributed by atoms with van der Waals surface area (Å²) in [6, 6.07) is 6.23. The summed E-state index contributed by atoms with van der Waals surface area (Å²) in [5, 5.41) is 0. The molecule has 0 N–H and O–H groups in total. The van der Waals surface area contributed by atoms with Gasteiger partial charge in [0.25, 0.3) is 0 Å². The van der Waals surface area contributed by atoms with Crippen LogP contribution in [0.5, 0.6) is 0 Å². The van der Waals surface area contributed by atoms with Crippen molar-refractivity contribution >= 4 is 5.97 Å². The van der Waals surface area contributed by atoms with Gasteiger partial charge < -0.3 is 9.47 Å². The largest absolute Gasteiger partial charge is 0.460 e. The summed E-state index contributed by atoms with van der Waals surface area (Å²) in [6.07, 6.45) is 0.774. The molecule has 24 heavy (non-hydrogen) atoms. The minimum atomic E-state index is -0.479. The molecule has 1 aromatic carbocycles. The Hall–Kier alpha value is -1.35. The van der Waals surface area contributed by atoms with Gasteiger partial charge >= 0.3 is 5.97 Å². The molecule has 0 amide bonds. The fourth-order valence-corrected chi connectivity index (χ4v) is 3.73. The number of rotatable bonds is 4. The molecule has 3 atom stereocenters. The maximum Gasteiger partial charge on any atom is 0.312 e. The Labute approximate surface area is 146 Å². The summed E-state index contributed by atoms with van der Waals surface area (Å²) in [5.74, 6) is 0.383. The first-order chi connectivity index (χ1) is 11.1. The van der Waals surface area contributed by atoms with Crippen LogP contribution < -0.4 is 0 Å². The quantitative estimate of drug-likeness (QED) is 0.728. The molecule has 2 rings (SSSR count). The van der Waals surface area contributed by atoms with Crippen LogP contribution in [0.15, 0.2) is 18.2 Å². The van der Waals surface area contributed by atoms with Crippen molar-refractivity contribution in [3.05, 3.63) is 34.9 Å². The van der Waals surface area contributed by atoms with E-state index in [4.69, 9.17) is 9.47 Å². The van der Waals surface area contributed by atoms with Gasteiger partial charge in [-0.2, -0.15) is 0 Å².